The summed E-state index contributed by atoms with van der Waals surface area (Å²) in [6.45, 7) is 2.15. The number of aromatic nitrogens is 1. The molecule has 5 heteroatoms. The lowest BCUT2D eigenvalue weighted by molar-refractivity contribution is 0.0689. The van der Waals surface area contributed by atoms with E-state index in [0.29, 0.717) is 11.5 Å². The molecule has 1 aliphatic rings. The number of aromatic carboxylic acids is 1. The van der Waals surface area contributed by atoms with Crippen LogP contribution in [0, 0.1) is 5.92 Å². The molecule has 1 atom stereocenters. The van der Waals surface area contributed by atoms with Crippen molar-refractivity contribution in [3.63, 3.8) is 0 Å². The number of nitrogens with one attached hydrogen (secondary N) is 1. The predicted octanol–water partition coefficient (Wildman–Crippen LogP) is 2.87. The Balaban J connectivity index is 1.98. The van der Waals surface area contributed by atoms with Gasteiger partial charge in [0.05, 0.1) is 5.56 Å². The number of hydrogen-bond acceptors (Lipinski definition) is 3. The van der Waals surface area contributed by atoms with Gasteiger partial charge in [-0.15, -0.1) is 0 Å². The van der Waals surface area contributed by atoms with E-state index in [9.17, 15) is 9.59 Å². The molecule has 0 saturated heterocycles. The van der Waals surface area contributed by atoms with Gasteiger partial charge in [-0.3, -0.25) is 4.79 Å². The number of carboxylic acid groups (broad SMARTS) is 1. The monoisotopic (exact) mass is 290 g/mol. The quantitative estimate of drug-likeness (QED) is 0.809. The van der Waals surface area contributed by atoms with E-state index in [1.807, 2.05) is 0 Å². The molecule has 0 radical (unpaired) electrons. The molecule has 5 nitrogen and oxygen atoms in total. The molecule has 1 heterocycles. The average Bonchev–Trinajstić information content (AvgIpc) is 2.42. The van der Waals surface area contributed by atoms with Crippen LogP contribution in [0.4, 0.5) is 0 Å². The minimum Gasteiger partial charge on any atom is -0.477 e. The van der Waals surface area contributed by atoms with E-state index >= 15 is 0 Å². The van der Waals surface area contributed by atoms with Crippen molar-refractivity contribution >= 4 is 11.9 Å². The summed E-state index contributed by atoms with van der Waals surface area (Å²) in [6, 6.07) is 3.11. The van der Waals surface area contributed by atoms with Crippen molar-refractivity contribution in [3.8, 4) is 0 Å². The Morgan fingerprint density at radius 3 is 2.67 bits per heavy atom. The zero-order chi connectivity index (χ0) is 15.2. The first-order valence-electron chi connectivity index (χ1n) is 7.62. The fourth-order valence-corrected chi connectivity index (χ4v) is 2.60. The van der Waals surface area contributed by atoms with Gasteiger partial charge in [-0.05, 0) is 37.3 Å². The van der Waals surface area contributed by atoms with Crippen LogP contribution in [0.15, 0.2) is 18.3 Å². The van der Waals surface area contributed by atoms with E-state index in [-0.39, 0.29) is 17.6 Å². The third kappa shape index (κ3) is 4.03. The molecule has 1 fully saturated rings. The third-order valence-corrected chi connectivity index (χ3v) is 4.15. The largest absolute Gasteiger partial charge is 0.477 e. The lowest BCUT2D eigenvalue weighted by Gasteiger charge is -2.34. The van der Waals surface area contributed by atoms with E-state index in [1.165, 1.54) is 37.6 Å². The first-order chi connectivity index (χ1) is 10.1. The Labute approximate surface area is 124 Å². The Hall–Kier alpha value is -1.91. The number of pyridine rings is 1. The molecule has 1 unspecified atom stereocenters. The molecule has 0 spiro atoms. The van der Waals surface area contributed by atoms with Gasteiger partial charge >= 0.3 is 5.97 Å². The average molecular weight is 290 g/mol. The van der Waals surface area contributed by atoms with Crippen LogP contribution in [0.2, 0.25) is 0 Å². The van der Waals surface area contributed by atoms with Gasteiger partial charge in [-0.25, -0.2) is 9.78 Å². The first kappa shape index (κ1) is 15.5. The predicted molar refractivity (Wildman–Crippen MR) is 79.3 cm³/mol. The molecular weight excluding hydrogens is 268 g/mol. The normalized spacial score (nSPS) is 16.0. The summed E-state index contributed by atoms with van der Waals surface area (Å²) >= 11 is 0. The zero-order valence-corrected chi connectivity index (χ0v) is 12.3. The van der Waals surface area contributed by atoms with Crippen LogP contribution in [0.25, 0.3) is 0 Å². The van der Waals surface area contributed by atoms with E-state index in [1.54, 1.807) is 0 Å². The van der Waals surface area contributed by atoms with Crippen LogP contribution in [0.1, 0.15) is 66.3 Å². The molecule has 2 N–H and O–H groups in total. The Morgan fingerprint density at radius 2 is 2.19 bits per heavy atom. The van der Waals surface area contributed by atoms with Crippen molar-refractivity contribution in [3.05, 3.63) is 29.6 Å². The van der Waals surface area contributed by atoms with E-state index in [2.05, 4.69) is 17.2 Å². The molecule has 114 valence electrons. The molecule has 2 rings (SSSR count). The van der Waals surface area contributed by atoms with Crippen LogP contribution in [0.3, 0.4) is 0 Å². The minimum atomic E-state index is -1.09. The van der Waals surface area contributed by atoms with Crippen LogP contribution < -0.4 is 5.32 Å². The molecule has 0 aliphatic heterocycles. The van der Waals surface area contributed by atoms with Gasteiger partial charge in [0.2, 0.25) is 0 Å². The standard InChI is InChI=1S/C16H22N2O3/c1-2-3-7-13(11-5-4-6-11)18-15(19)12-8-9-14(16(20)21)17-10-12/h8-11,13H,2-7H2,1H3,(H,18,19)(H,20,21). The first-order valence-corrected chi connectivity index (χ1v) is 7.62. The smallest absolute Gasteiger partial charge is 0.354 e. The van der Waals surface area contributed by atoms with Gasteiger partial charge in [-0.2, -0.15) is 0 Å². The van der Waals surface area contributed by atoms with E-state index < -0.39 is 5.97 Å². The number of carbonyl (C=O) groups is 2. The molecule has 1 aromatic rings. The summed E-state index contributed by atoms with van der Waals surface area (Å²) in [4.78, 5) is 26.8. The van der Waals surface area contributed by atoms with Gasteiger partial charge < -0.3 is 10.4 Å². The lowest BCUT2D eigenvalue weighted by Crippen LogP contribution is -2.42. The maximum atomic E-state index is 12.2. The van der Waals surface area contributed by atoms with Crippen LogP contribution in [-0.2, 0) is 0 Å². The summed E-state index contributed by atoms with van der Waals surface area (Å²) in [5, 5.41) is 11.9. The van der Waals surface area contributed by atoms with Crippen molar-refractivity contribution in [1.29, 1.82) is 0 Å². The zero-order valence-electron chi connectivity index (χ0n) is 12.3. The highest BCUT2D eigenvalue weighted by molar-refractivity contribution is 5.95. The number of carbonyl (C=O) groups excluding carboxylic acids is 1. The van der Waals surface area contributed by atoms with Crippen molar-refractivity contribution in [2.75, 3.05) is 0 Å². The highest BCUT2D eigenvalue weighted by Gasteiger charge is 2.28. The van der Waals surface area contributed by atoms with Crippen LogP contribution >= 0.6 is 0 Å². The summed E-state index contributed by atoms with van der Waals surface area (Å²) in [5.74, 6) is -0.656. The second-order valence-electron chi connectivity index (χ2n) is 5.65. The topological polar surface area (TPSA) is 79.3 Å². The van der Waals surface area contributed by atoms with Crippen molar-refractivity contribution in [2.24, 2.45) is 5.92 Å². The molecule has 1 amide bonds. The highest BCUT2D eigenvalue weighted by Crippen LogP contribution is 2.31. The summed E-state index contributed by atoms with van der Waals surface area (Å²) in [5.41, 5.74) is 0.369. The highest BCUT2D eigenvalue weighted by atomic mass is 16.4. The fourth-order valence-electron chi connectivity index (χ4n) is 2.60. The van der Waals surface area contributed by atoms with Crippen molar-refractivity contribution in [2.45, 2.75) is 51.5 Å². The maximum absolute atomic E-state index is 12.2. The van der Waals surface area contributed by atoms with Gasteiger partial charge in [-0.1, -0.05) is 26.2 Å². The SMILES string of the molecule is CCCCC(NC(=O)c1ccc(C(=O)O)nc1)C1CCC1. The number of nitrogens with zero attached hydrogens (tertiary/aromatic N) is 1. The van der Waals surface area contributed by atoms with Crippen molar-refractivity contribution in [1.82, 2.24) is 10.3 Å². The second kappa shape index (κ2) is 7.20. The van der Waals surface area contributed by atoms with E-state index in [4.69, 9.17) is 5.11 Å². The fraction of sp³-hybridized carbons (Fsp3) is 0.562. The summed E-state index contributed by atoms with van der Waals surface area (Å²) < 4.78 is 0. The molecule has 0 bridgehead atoms. The molecule has 1 saturated carbocycles. The minimum absolute atomic E-state index is 0.0481. The molecule has 0 aromatic carbocycles. The number of hydrogen-bond donors (Lipinski definition) is 2. The molecule has 1 aromatic heterocycles. The van der Waals surface area contributed by atoms with Gasteiger partial charge in [0.1, 0.15) is 5.69 Å². The maximum Gasteiger partial charge on any atom is 0.354 e. The van der Waals surface area contributed by atoms with Gasteiger partial charge in [0, 0.05) is 12.2 Å². The molecule has 21 heavy (non-hydrogen) atoms. The molecule has 1 aliphatic carbocycles. The van der Waals surface area contributed by atoms with Gasteiger partial charge in [0.15, 0.2) is 0 Å². The Bertz CT molecular complexity index is 495. The van der Waals surface area contributed by atoms with E-state index in [0.717, 1.165) is 19.3 Å². The van der Waals surface area contributed by atoms with Crippen molar-refractivity contribution < 1.29 is 14.7 Å². The van der Waals surface area contributed by atoms with Crippen LogP contribution in [0.5, 0.6) is 0 Å². The van der Waals surface area contributed by atoms with Gasteiger partial charge in [0.25, 0.3) is 5.91 Å². The Morgan fingerprint density at radius 1 is 1.43 bits per heavy atom. The Kier molecular flexibility index (Phi) is 5.31. The number of carboxylic acids is 1. The molecular formula is C16H22N2O3. The van der Waals surface area contributed by atoms with Crippen LogP contribution in [-0.4, -0.2) is 28.0 Å². The second-order valence-corrected chi connectivity index (χ2v) is 5.65. The summed E-state index contributed by atoms with van der Waals surface area (Å²) in [6.07, 6.45) is 8.18. The number of amides is 1. The lowest BCUT2D eigenvalue weighted by atomic mass is 9.78. The number of unbranched alkanes of at least 4 members (excludes halogenated alkanes) is 1. The number of rotatable bonds is 7. The summed E-state index contributed by atoms with van der Waals surface area (Å²) in [7, 11) is 0. The third-order valence-electron chi connectivity index (χ3n) is 4.15.